The number of halogens is 3. The van der Waals surface area contributed by atoms with Crippen LogP contribution in [0.4, 0.5) is 0 Å². The number of hydrogen-bond donors (Lipinski definition) is 1. The predicted octanol–water partition coefficient (Wildman–Crippen LogP) is 6.86. The molecule has 176 valence electrons. The average molecular weight is 578 g/mol. The maximum atomic E-state index is 13.4. The molecular formula is C25H23BrCl2N4OS. The van der Waals surface area contributed by atoms with E-state index in [2.05, 4.69) is 39.6 Å². The molecule has 0 aliphatic carbocycles. The molecule has 0 unspecified atom stereocenters. The number of amides is 1. The average Bonchev–Trinajstić information content (AvgIpc) is 3.22. The second-order valence-electron chi connectivity index (χ2n) is 8.39. The van der Waals surface area contributed by atoms with E-state index in [1.54, 1.807) is 23.9 Å². The van der Waals surface area contributed by atoms with Crippen molar-refractivity contribution >= 4 is 68.5 Å². The summed E-state index contributed by atoms with van der Waals surface area (Å²) in [5.41, 5.74) is 8.26. The van der Waals surface area contributed by atoms with Gasteiger partial charge in [-0.15, -0.1) is 0 Å². The number of aromatic nitrogens is 2. The van der Waals surface area contributed by atoms with Gasteiger partial charge >= 0.3 is 0 Å². The van der Waals surface area contributed by atoms with Gasteiger partial charge in [-0.2, -0.15) is 16.9 Å². The highest BCUT2D eigenvalue weighted by molar-refractivity contribution is 9.10. The summed E-state index contributed by atoms with van der Waals surface area (Å²) in [5, 5.41) is 7.86. The fourth-order valence-electron chi connectivity index (χ4n) is 4.33. The Morgan fingerprint density at radius 3 is 2.56 bits per heavy atom. The molecule has 0 radical (unpaired) electrons. The van der Waals surface area contributed by atoms with Gasteiger partial charge in [0, 0.05) is 39.7 Å². The zero-order valence-corrected chi connectivity index (χ0v) is 22.3. The first kappa shape index (κ1) is 23.9. The Bertz CT molecular complexity index is 1250. The number of nitrogens with one attached hydrogen (secondary N) is 1. The molecule has 0 atom stereocenters. The van der Waals surface area contributed by atoms with Crippen molar-refractivity contribution in [2.24, 2.45) is 0 Å². The van der Waals surface area contributed by atoms with Crippen LogP contribution >= 0.6 is 50.9 Å². The van der Waals surface area contributed by atoms with E-state index in [0.29, 0.717) is 27.2 Å². The maximum Gasteiger partial charge on any atom is 0.286 e. The zero-order valence-electron chi connectivity index (χ0n) is 18.4. The number of hydrazine groups is 1. The molecule has 0 bridgehead atoms. The molecule has 0 spiro atoms. The molecule has 5 rings (SSSR count). The van der Waals surface area contributed by atoms with Gasteiger partial charge in [0.25, 0.3) is 5.91 Å². The number of carbonyl (C=O) groups excluding carboxylic acids is 1. The topological polar surface area (TPSA) is 50.2 Å². The van der Waals surface area contributed by atoms with Crippen LogP contribution in [-0.2, 0) is 5.75 Å². The SMILES string of the molecule is O=C(NN1CCCCC1)c1nn(-c2ccc(Cl)cc2Cl)c2c1CSC/C2=C\c1ccc(Br)cc1. The third kappa shape index (κ3) is 5.09. The van der Waals surface area contributed by atoms with Crippen molar-refractivity contribution in [2.75, 3.05) is 18.8 Å². The minimum atomic E-state index is -0.174. The summed E-state index contributed by atoms with van der Waals surface area (Å²) in [6.45, 7) is 1.72. The van der Waals surface area contributed by atoms with Gasteiger partial charge < -0.3 is 0 Å². The van der Waals surface area contributed by atoms with Crippen molar-refractivity contribution in [3.8, 4) is 5.69 Å². The second kappa shape index (κ2) is 10.5. The maximum absolute atomic E-state index is 13.4. The van der Waals surface area contributed by atoms with Crippen LogP contribution in [-0.4, -0.2) is 39.5 Å². The molecule has 1 amide bonds. The summed E-state index contributed by atoms with van der Waals surface area (Å²) >= 11 is 18.0. The molecule has 0 saturated carbocycles. The molecule has 3 heterocycles. The summed E-state index contributed by atoms with van der Waals surface area (Å²) in [5.74, 6) is 1.35. The van der Waals surface area contributed by atoms with E-state index in [9.17, 15) is 4.79 Å². The number of benzene rings is 2. The van der Waals surface area contributed by atoms with E-state index in [0.717, 1.165) is 58.6 Å². The van der Waals surface area contributed by atoms with Crippen molar-refractivity contribution < 1.29 is 4.79 Å². The molecule has 1 N–H and O–H groups in total. The highest BCUT2D eigenvalue weighted by atomic mass is 79.9. The Morgan fingerprint density at radius 1 is 1.06 bits per heavy atom. The van der Waals surface area contributed by atoms with Gasteiger partial charge in [0.2, 0.25) is 0 Å². The Balaban J connectivity index is 1.61. The summed E-state index contributed by atoms with van der Waals surface area (Å²) in [4.78, 5) is 13.4. The van der Waals surface area contributed by atoms with Gasteiger partial charge in [-0.1, -0.05) is 57.7 Å². The molecule has 34 heavy (non-hydrogen) atoms. The highest BCUT2D eigenvalue weighted by Gasteiger charge is 2.30. The van der Waals surface area contributed by atoms with E-state index in [1.165, 1.54) is 6.42 Å². The quantitative estimate of drug-likeness (QED) is 0.368. The fourth-order valence-corrected chi connectivity index (χ4v) is 6.10. The van der Waals surface area contributed by atoms with Crippen LogP contribution in [0.3, 0.4) is 0 Å². The van der Waals surface area contributed by atoms with E-state index >= 15 is 0 Å². The van der Waals surface area contributed by atoms with Gasteiger partial charge in [0.15, 0.2) is 5.69 Å². The summed E-state index contributed by atoms with van der Waals surface area (Å²) in [6.07, 6.45) is 5.53. The lowest BCUT2D eigenvalue weighted by Crippen LogP contribution is -2.45. The predicted molar refractivity (Wildman–Crippen MR) is 145 cm³/mol. The zero-order chi connectivity index (χ0) is 23.7. The third-order valence-corrected chi connectivity index (χ3v) is 8.05. The number of piperidine rings is 1. The van der Waals surface area contributed by atoms with E-state index < -0.39 is 0 Å². The molecule has 1 fully saturated rings. The Labute approximate surface area is 221 Å². The summed E-state index contributed by atoms with van der Waals surface area (Å²) < 4.78 is 2.84. The number of carbonyl (C=O) groups is 1. The van der Waals surface area contributed by atoms with Crippen LogP contribution < -0.4 is 5.43 Å². The van der Waals surface area contributed by atoms with E-state index in [-0.39, 0.29) is 5.91 Å². The molecule has 2 aromatic carbocycles. The van der Waals surface area contributed by atoms with Gasteiger partial charge in [-0.05, 0) is 60.4 Å². The molecule has 2 aliphatic rings. The largest absolute Gasteiger partial charge is 0.286 e. The van der Waals surface area contributed by atoms with Crippen LogP contribution in [0.2, 0.25) is 10.0 Å². The molecule has 1 saturated heterocycles. The van der Waals surface area contributed by atoms with Crippen molar-refractivity contribution in [3.63, 3.8) is 0 Å². The van der Waals surface area contributed by atoms with Gasteiger partial charge in [0.1, 0.15) is 0 Å². The lowest BCUT2D eigenvalue weighted by Gasteiger charge is -2.26. The van der Waals surface area contributed by atoms with E-state index in [4.69, 9.17) is 28.3 Å². The second-order valence-corrected chi connectivity index (χ2v) is 11.1. The first-order valence-corrected chi connectivity index (χ1v) is 13.9. The number of thioether (sulfide) groups is 1. The molecule has 2 aliphatic heterocycles. The van der Waals surface area contributed by atoms with Crippen molar-refractivity contribution in [2.45, 2.75) is 25.0 Å². The molecular weight excluding hydrogens is 555 g/mol. The summed E-state index contributed by atoms with van der Waals surface area (Å²) in [7, 11) is 0. The van der Waals surface area contributed by atoms with E-state index in [1.807, 2.05) is 27.9 Å². The molecule has 1 aromatic heterocycles. The number of hydrogen-bond acceptors (Lipinski definition) is 4. The summed E-state index contributed by atoms with van der Waals surface area (Å²) in [6, 6.07) is 13.5. The van der Waals surface area contributed by atoms with Crippen LogP contribution in [0, 0.1) is 0 Å². The molecule has 3 aromatic rings. The fraction of sp³-hybridized carbons (Fsp3) is 0.280. The highest BCUT2D eigenvalue weighted by Crippen LogP contribution is 2.38. The third-order valence-electron chi connectivity index (χ3n) is 5.97. The lowest BCUT2D eigenvalue weighted by atomic mass is 10.0. The van der Waals surface area contributed by atoms with Crippen LogP contribution in [0.15, 0.2) is 46.9 Å². The first-order chi connectivity index (χ1) is 16.5. The van der Waals surface area contributed by atoms with Gasteiger partial charge in [0.05, 0.1) is 16.4 Å². The van der Waals surface area contributed by atoms with Crippen LogP contribution in [0.5, 0.6) is 0 Å². The van der Waals surface area contributed by atoms with Gasteiger partial charge in [-0.3, -0.25) is 10.2 Å². The lowest BCUT2D eigenvalue weighted by molar-refractivity contribution is 0.0743. The van der Waals surface area contributed by atoms with Crippen LogP contribution in [0.25, 0.3) is 17.3 Å². The normalized spacial score (nSPS) is 17.6. The number of fused-ring (bicyclic) bond motifs is 1. The Hall–Kier alpha value is -1.77. The number of rotatable bonds is 4. The monoisotopic (exact) mass is 576 g/mol. The first-order valence-electron chi connectivity index (χ1n) is 11.2. The minimum Gasteiger partial charge on any atom is -0.283 e. The molecule has 9 heteroatoms. The number of nitrogens with zero attached hydrogens (tertiary/aromatic N) is 3. The Morgan fingerprint density at radius 2 is 1.82 bits per heavy atom. The Kier molecular flexibility index (Phi) is 7.37. The van der Waals surface area contributed by atoms with Crippen molar-refractivity contribution in [3.05, 3.63) is 79.5 Å². The minimum absolute atomic E-state index is 0.174. The van der Waals surface area contributed by atoms with Crippen molar-refractivity contribution in [1.82, 2.24) is 20.2 Å². The van der Waals surface area contributed by atoms with Crippen LogP contribution in [0.1, 0.15) is 46.6 Å². The van der Waals surface area contributed by atoms with Crippen molar-refractivity contribution in [1.29, 1.82) is 0 Å². The molecule has 5 nitrogen and oxygen atoms in total. The van der Waals surface area contributed by atoms with Gasteiger partial charge in [-0.25, -0.2) is 9.69 Å². The smallest absolute Gasteiger partial charge is 0.283 e. The standard InChI is InChI=1S/C25H23BrCl2N4OS/c26-18-6-4-16(5-7-18)12-17-14-34-15-20-23(25(33)30-31-10-2-1-3-11-31)29-32(24(17)20)22-9-8-19(27)13-21(22)28/h4-9,12-13H,1-3,10-11,14-15H2,(H,30,33)/b17-12+.